The summed E-state index contributed by atoms with van der Waals surface area (Å²) in [5.41, 5.74) is -1.11. The van der Waals surface area contributed by atoms with E-state index in [2.05, 4.69) is 15.2 Å². The Labute approximate surface area is 130 Å². The Bertz CT molecular complexity index is 701. The molecule has 0 N–H and O–H groups in total. The predicted molar refractivity (Wildman–Crippen MR) is 74.1 cm³/mol. The van der Waals surface area contributed by atoms with E-state index in [9.17, 15) is 13.2 Å². The molecule has 2 saturated carbocycles. The highest BCUT2D eigenvalue weighted by Gasteiger charge is 2.42. The fourth-order valence-electron chi connectivity index (χ4n) is 3.28. The highest BCUT2D eigenvalue weighted by Crippen LogP contribution is 2.50. The molecule has 0 bridgehead atoms. The highest BCUT2D eigenvalue weighted by atomic mass is 19.4. The van der Waals surface area contributed by atoms with Crippen LogP contribution in [-0.2, 0) is 19.6 Å². The quantitative estimate of drug-likeness (QED) is 0.844. The summed E-state index contributed by atoms with van der Waals surface area (Å²) in [6.07, 6.45) is 2.36. The van der Waals surface area contributed by atoms with E-state index in [4.69, 9.17) is 4.52 Å². The number of halogens is 3. The van der Waals surface area contributed by atoms with E-state index in [1.54, 1.807) is 0 Å². The van der Waals surface area contributed by atoms with Crippen LogP contribution in [0.15, 0.2) is 10.7 Å². The molecule has 2 aromatic rings. The average Bonchev–Trinajstić information content (AvgIpc) is 3.39. The second-order valence-electron chi connectivity index (χ2n) is 6.62. The minimum absolute atomic E-state index is 0.0363. The van der Waals surface area contributed by atoms with Crippen LogP contribution in [0.4, 0.5) is 13.2 Å². The van der Waals surface area contributed by atoms with Crippen LogP contribution in [-0.4, -0.2) is 19.9 Å². The molecule has 0 radical (unpaired) electrons. The van der Waals surface area contributed by atoms with Crippen molar-refractivity contribution in [3.8, 4) is 11.4 Å². The number of aryl methyl sites for hydroxylation is 1. The number of rotatable bonds is 5. The van der Waals surface area contributed by atoms with Gasteiger partial charge >= 0.3 is 6.18 Å². The van der Waals surface area contributed by atoms with Gasteiger partial charge in [0.1, 0.15) is 0 Å². The molecule has 2 fully saturated rings. The van der Waals surface area contributed by atoms with Crippen molar-refractivity contribution in [1.82, 2.24) is 19.9 Å². The first-order valence-corrected chi connectivity index (χ1v) is 7.85. The van der Waals surface area contributed by atoms with Crippen molar-refractivity contribution >= 4 is 0 Å². The van der Waals surface area contributed by atoms with Crippen LogP contribution in [0.2, 0.25) is 0 Å². The fourth-order valence-corrected chi connectivity index (χ4v) is 3.28. The third-order valence-electron chi connectivity index (χ3n) is 4.67. The lowest BCUT2D eigenvalue weighted by molar-refractivity contribution is -0.141. The topological polar surface area (TPSA) is 56.7 Å². The Morgan fingerprint density at radius 3 is 2.48 bits per heavy atom. The summed E-state index contributed by atoms with van der Waals surface area (Å²) in [5, 5.41) is 7.22. The van der Waals surface area contributed by atoms with Crippen LogP contribution < -0.4 is 0 Å². The monoisotopic (exact) mass is 326 g/mol. The number of alkyl halides is 3. The third kappa shape index (κ3) is 2.98. The van der Waals surface area contributed by atoms with Crippen LogP contribution >= 0.6 is 0 Å². The molecule has 8 heteroatoms. The van der Waals surface area contributed by atoms with Gasteiger partial charge in [0.05, 0.1) is 5.56 Å². The zero-order valence-electron chi connectivity index (χ0n) is 12.7. The predicted octanol–water partition coefficient (Wildman–Crippen LogP) is 3.47. The van der Waals surface area contributed by atoms with E-state index in [1.165, 1.54) is 38.9 Å². The fraction of sp³-hybridized carbons (Fsp3) is 0.667. The van der Waals surface area contributed by atoms with Crippen LogP contribution in [0, 0.1) is 17.8 Å². The van der Waals surface area contributed by atoms with Gasteiger partial charge in [-0.05, 0) is 43.4 Å². The second kappa shape index (κ2) is 5.07. The van der Waals surface area contributed by atoms with Gasteiger partial charge in [-0.2, -0.15) is 23.3 Å². The van der Waals surface area contributed by atoms with Gasteiger partial charge in [-0.15, -0.1) is 0 Å². The SMILES string of the molecule is Cn1cc(-c2noc(CC(C3CC3)C3CC3)n2)c(C(F)(F)F)n1. The lowest BCUT2D eigenvalue weighted by Gasteiger charge is -2.11. The lowest BCUT2D eigenvalue weighted by atomic mass is 9.94. The van der Waals surface area contributed by atoms with E-state index in [0.29, 0.717) is 18.2 Å². The zero-order valence-corrected chi connectivity index (χ0v) is 12.7. The van der Waals surface area contributed by atoms with Crippen LogP contribution in [0.3, 0.4) is 0 Å². The molecule has 2 heterocycles. The molecule has 2 aliphatic carbocycles. The minimum Gasteiger partial charge on any atom is -0.339 e. The van der Waals surface area contributed by atoms with Gasteiger partial charge in [-0.1, -0.05) is 5.16 Å². The summed E-state index contributed by atoms with van der Waals surface area (Å²) in [5.74, 6) is 2.38. The van der Waals surface area contributed by atoms with Crippen molar-refractivity contribution in [2.45, 2.75) is 38.3 Å². The number of aromatic nitrogens is 4. The normalized spacial score (nSPS) is 18.8. The van der Waals surface area contributed by atoms with Gasteiger partial charge in [-0.3, -0.25) is 4.68 Å². The smallest absolute Gasteiger partial charge is 0.339 e. The van der Waals surface area contributed by atoms with E-state index in [0.717, 1.165) is 16.5 Å². The Hall–Kier alpha value is -1.86. The summed E-state index contributed by atoms with van der Waals surface area (Å²) in [6.45, 7) is 0. The summed E-state index contributed by atoms with van der Waals surface area (Å²) >= 11 is 0. The molecule has 0 amide bonds. The van der Waals surface area contributed by atoms with Gasteiger partial charge < -0.3 is 4.52 Å². The maximum absolute atomic E-state index is 13.0. The second-order valence-corrected chi connectivity index (χ2v) is 6.62. The Morgan fingerprint density at radius 1 is 1.26 bits per heavy atom. The largest absolute Gasteiger partial charge is 0.435 e. The minimum atomic E-state index is -4.54. The molecule has 2 aromatic heterocycles. The average molecular weight is 326 g/mol. The first kappa shape index (κ1) is 14.7. The Kier molecular flexibility index (Phi) is 3.24. The van der Waals surface area contributed by atoms with Crippen LogP contribution in [0.1, 0.15) is 37.3 Å². The van der Waals surface area contributed by atoms with E-state index >= 15 is 0 Å². The molecular weight excluding hydrogens is 309 g/mol. The molecule has 0 saturated heterocycles. The molecule has 2 aliphatic rings. The molecule has 5 nitrogen and oxygen atoms in total. The molecule has 0 spiro atoms. The number of hydrogen-bond donors (Lipinski definition) is 0. The highest BCUT2D eigenvalue weighted by molar-refractivity contribution is 5.57. The number of nitrogens with zero attached hydrogens (tertiary/aromatic N) is 4. The maximum Gasteiger partial charge on any atom is 0.435 e. The van der Waals surface area contributed by atoms with Crippen molar-refractivity contribution in [2.75, 3.05) is 0 Å². The van der Waals surface area contributed by atoms with Gasteiger partial charge in [0.25, 0.3) is 0 Å². The summed E-state index contributed by atoms with van der Waals surface area (Å²) in [4.78, 5) is 4.20. The van der Waals surface area contributed by atoms with Crippen molar-refractivity contribution < 1.29 is 17.7 Å². The first-order valence-electron chi connectivity index (χ1n) is 7.85. The molecule has 0 aromatic carbocycles. The first-order chi connectivity index (χ1) is 10.9. The molecule has 23 heavy (non-hydrogen) atoms. The van der Waals surface area contributed by atoms with Crippen molar-refractivity contribution in [3.05, 3.63) is 17.8 Å². The Morgan fingerprint density at radius 2 is 1.91 bits per heavy atom. The molecule has 124 valence electrons. The summed E-state index contributed by atoms with van der Waals surface area (Å²) in [7, 11) is 1.44. The van der Waals surface area contributed by atoms with Crippen molar-refractivity contribution in [3.63, 3.8) is 0 Å². The number of hydrogen-bond acceptors (Lipinski definition) is 4. The van der Waals surface area contributed by atoms with Gasteiger partial charge in [0.15, 0.2) is 5.69 Å². The van der Waals surface area contributed by atoms with Gasteiger partial charge in [0.2, 0.25) is 11.7 Å². The molecule has 0 unspecified atom stereocenters. The van der Waals surface area contributed by atoms with Crippen molar-refractivity contribution in [1.29, 1.82) is 0 Å². The van der Waals surface area contributed by atoms with E-state index in [1.807, 2.05) is 0 Å². The van der Waals surface area contributed by atoms with Crippen LogP contribution in [0.5, 0.6) is 0 Å². The molecule has 0 aliphatic heterocycles. The van der Waals surface area contributed by atoms with Gasteiger partial charge in [0, 0.05) is 19.7 Å². The van der Waals surface area contributed by atoms with E-state index in [-0.39, 0.29) is 11.4 Å². The zero-order chi connectivity index (χ0) is 16.2. The third-order valence-corrected chi connectivity index (χ3v) is 4.67. The summed E-state index contributed by atoms with van der Waals surface area (Å²) < 4.78 is 45.4. The Balaban J connectivity index is 1.58. The van der Waals surface area contributed by atoms with Crippen molar-refractivity contribution in [2.24, 2.45) is 24.8 Å². The maximum atomic E-state index is 13.0. The standard InChI is InChI=1S/C15H17F3N4O/c1-22-7-11(13(20-22)15(16,17)18)14-19-12(23-21-14)6-10(8-2-3-8)9-4-5-9/h7-10H,2-6H2,1H3. The summed E-state index contributed by atoms with van der Waals surface area (Å²) in [6, 6.07) is 0. The lowest BCUT2D eigenvalue weighted by Crippen LogP contribution is -2.10. The molecular formula is C15H17F3N4O. The van der Waals surface area contributed by atoms with E-state index < -0.39 is 11.9 Å². The molecule has 4 rings (SSSR count). The molecule has 0 atom stereocenters. The van der Waals surface area contributed by atoms with Crippen LogP contribution in [0.25, 0.3) is 11.4 Å². The van der Waals surface area contributed by atoms with Gasteiger partial charge in [-0.25, -0.2) is 0 Å².